The van der Waals surface area contributed by atoms with Crippen molar-refractivity contribution < 1.29 is 9.90 Å². The van der Waals surface area contributed by atoms with Crippen molar-refractivity contribution in [3.05, 3.63) is 21.7 Å². The second kappa shape index (κ2) is 5.45. The van der Waals surface area contributed by atoms with Gasteiger partial charge in [0, 0.05) is 17.9 Å². The first-order valence-corrected chi connectivity index (χ1v) is 7.97. The lowest BCUT2D eigenvalue weighted by Crippen LogP contribution is -2.04. The van der Waals surface area contributed by atoms with Gasteiger partial charge in [0.15, 0.2) is 0 Å². The summed E-state index contributed by atoms with van der Waals surface area (Å²) in [5.41, 5.74) is 1.16. The van der Waals surface area contributed by atoms with Gasteiger partial charge in [-0.05, 0) is 31.8 Å². The minimum absolute atomic E-state index is 0.585. The molecule has 1 aromatic rings. The van der Waals surface area contributed by atoms with Gasteiger partial charge < -0.3 is 5.11 Å². The van der Waals surface area contributed by atoms with Crippen LogP contribution in [-0.2, 0) is 4.79 Å². The Bertz CT molecular complexity index is 496. The largest absolute Gasteiger partial charge is 0.478 e. The molecule has 0 amide bonds. The third-order valence-electron chi connectivity index (χ3n) is 3.99. The first-order valence-electron chi connectivity index (χ1n) is 7.15. The van der Waals surface area contributed by atoms with Crippen LogP contribution in [0.25, 0.3) is 6.08 Å². The van der Waals surface area contributed by atoms with E-state index < -0.39 is 5.97 Å². The van der Waals surface area contributed by atoms with Gasteiger partial charge >= 0.3 is 5.97 Å². The summed E-state index contributed by atoms with van der Waals surface area (Å²) in [6.07, 6.45) is 11.9. The molecule has 3 nitrogen and oxygen atoms in total. The van der Waals surface area contributed by atoms with E-state index >= 15 is 0 Å². The van der Waals surface area contributed by atoms with E-state index in [-0.39, 0.29) is 0 Å². The molecular formula is C15H19NO2S. The fourth-order valence-corrected chi connectivity index (χ4v) is 4.03. The first-order chi connectivity index (χ1) is 9.24. The van der Waals surface area contributed by atoms with Crippen LogP contribution in [0.2, 0.25) is 0 Å². The number of carbonyl (C=O) groups is 1. The maximum Gasteiger partial charge on any atom is 0.328 e. The molecule has 2 saturated carbocycles. The molecule has 1 aromatic heterocycles. The van der Waals surface area contributed by atoms with E-state index in [4.69, 9.17) is 10.1 Å². The number of carboxylic acids is 1. The summed E-state index contributed by atoms with van der Waals surface area (Å²) >= 11 is 1.72. The zero-order chi connectivity index (χ0) is 13.2. The van der Waals surface area contributed by atoms with Crippen molar-refractivity contribution in [1.82, 2.24) is 4.98 Å². The number of thiazole rings is 1. The van der Waals surface area contributed by atoms with E-state index in [1.807, 2.05) is 0 Å². The van der Waals surface area contributed by atoms with E-state index in [1.54, 1.807) is 17.4 Å². The van der Waals surface area contributed by atoms with Crippen LogP contribution >= 0.6 is 11.3 Å². The minimum Gasteiger partial charge on any atom is -0.478 e. The summed E-state index contributed by atoms with van der Waals surface area (Å²) in [7, 11) is 0. The molecule has 102 valence electrons. The summed E-state index contributed by atoms with van der Waals surface area (Å²) in [6.45, 7) is 0. The fraction of sp³-hybridized carbons (Fsp3) is 0.600. The van der Waals surface area contributed by atoms with Gasteiger partial charge in [-0.1, -0.05) is 19.3 Å². The molecule has 0 atom stereocenters. The quantitative estimate of drug-likeness (QED) is 0.840. The number of carboxylic acid groups (broad SMARTS) is 1. The molecule has 0 radical (unpaired) electrons. The lowest BCUT2D eigenvalue weighted by Gasteiger charge is -2.18. The maximum atomic E-state index is 10.7. The van der Waals surface area contributed by atoms with Crippen molar-refractivity contribution in [3.63, 3.8) is 0 Å². The van der Waals surface area contributed by atoms with Crippen molar-refractivity contribution in [2.45, 2.75) is 56.8 Å². The van der Waals surface area contributed by atoms with Crippen LogP contribution in [0.1, 0.15) is 72.4 Å². The number of hydrogen-bond acceptors (Lipinski definition) is 3. The van der Waals surface area contributed by atoms with Gasteiger partial charge in [0.1, 0.15) is 0 Å². The van der Waals surface area contributed by atoms with E-state index in [2.05, 4.69) is 0 Å². The summed E-state index contributed by atoms with van der Waals surface area (Å²) in [5, 5.41) is 10.0. The highest BCUT2D eigenvalue weighted by Crippen LogP contribution is 2.45. The summed E-state index contributed by atoms with van der Waals surface area (Å²) in [5.74, 6) is 0.319. The summed E-state index contributed by atoms with van der Waals surface area (Å²) in [6, 6.07) is 0. The molecule has 2 fully saturated rings. The molecule has 4 heteroatoms. The van der Waals surface area contributed by atoms with Crippen LogP contribution in [0.4, 0.5) is 0 Å². The molecule has 0 aromatic carbocycles. The van der Waals surface area contributed by atoms with Crippen LogP contribution in [0, 0.1) is 0 Å². The lowest BCUT2D eigenvalue weighted by atomic mass is 9.90. The average molecular weight is 277 g/mol. The molecule has 19 heavy (non-hydrogen) atoms. The summed E-state index contributed by atoms with van der Waals surface area (Å²) < 4.78 is 0. The highest BCUT2D eigenvalue weighted by atomic mass is 32.1. The van der Waals surface area contributed by atoms with Gasteiger partial charge in [0.2, 0.25) is 0 Å². The van der Waals surface area contributed by atoms with Gasteiger partial charge in [-0.25, -0.2) is 9.78 Å². The normalized spacial score (nSPS) is 21.1. The Labute approximate surface area is 117 Å². The molecule has 0 unspecified atom stereocenters. The van der Waals surface area contributed by atoms with E-state index in [0.29, 0.717) is 11.8 Å². The molecule has 0 bridgehead atoms. The second-order valence-electron chi connectivity index (χ2n) is 5.58. The fourth-order valence-electron chi connectivity index (χ4n) is 2.80. The monoisotopic (exact) mass is 277 g/mol. The Balaban J connectivity index is 1.85. The van der Waals surface area contributed by atoms with Gasteiger partial charge in [-0.15, -0.1) is 11.3 Å². The number of hydrogen-bond donors (Lipinski definition) is 1. The molecule has 1 N–H and O–H groups in total. The van der Waals surface area contributed by atoms with E-state index in [0.717, 1.165) is 10.6 Å². The van der Waals surface area contributed by atoms with Crippen molar-refractivity contribution in [1.29, 1.82) is 0 Å². The topological polar surface area (TPSA) is 50.2 Å². The van der Waals surface area contributed by atoms with Crippen molar-refractivity contribution in [3.8, 4) is 0 Å². The minimum atomic E-state index is -0.880. The smallest absolute Gasteiger partial charge is 0.328 e. The third kappa shape index (κ3) is 3.06. The highest BCUT2D eigenvalue weighted by molar-refractivity contribution is 7.12. The number of rotatable bonds is 4. The zero-order valence-electron chi connectivity index (χ0n) is 11.0. The Morgan fingerprint density at radius 2 is 1.89 bits per heavy atom. The van der Waals surface area contributed by atoms with Crippen LogP contribution in [0.15, 0.2) is 6.08 Å². The maximum absolute atomic E-state index is 10.7. The second-order valence-corrected chi connectivity index (χ2v) is 6.64. The molecule has 2 aliphatic rings. The molecule has 3 rings (SSSR count). The Hall–Kier alpha value is -1.16. The van der Waals surface area contributed by atoms with Gasteiger partial charge in [-0.3, -0.25) is 0 Å². The molecular weight excluding hydrogens is 258 g/mol. The first kappa shape index (κ1) is 12.9. The molecule has 0 spiro atoms. The number of aliphatic carboxylic acids is 1. The lowest BCUT2D eigenvalue weighted by molar-refractivity contribution is -0.131. The Kier molecular flexibility index (Phi) is 3.69. The van der Waals surface area contributed by atoms with Crippen LogP contribution in [0.5, 0.6) is 0 Å². The molecule has 0 saturated heterocycles. The zero-order valence-corrected chi connectivity index (χ0v) is 11.8. The molecule has 0 aliphatic heterocycles. The van der Waals surface area contributed by atoms with Crippen LogP contribution in [0.3, 0.4) is 0 Å². The average Bonchev–Trinajstić information content (AvgIpc) is 3.17. The molecule has 2 aliphatic carbocycles. The Morgan fingerprint density at radius 1 is 1.16 bits per heavy atom. The molecule has 1 heterocycles. The van der Waals surface area contributed by atoms with Crippen LogP contribution < -0.4 is 0 Å². The predicted octanol–water partition coefficient (Wildman–Crippen LogP) is 4.17. The van der Waals surface area contributed by atoms with Gasteiger partial charge in [0.25, 0.3) is 0 Å². The SMILES string of the molecule is O=C(O)/C=C/c1sc(C2CCCCC2)nc1C1CC1. The van der Waals surface area contributed by atoms with Crippen LogP contribution in [-0.4, -0.2) is 16.1 Å². The summed E-state index contributed by atoms with van der Waals surface area (Å²) in [4.78, 5) is 16.6. The predicted molar refractivity (Wildman–Crippen MR) is 76.6 cm³/mol. The van der Waals surface area contributed by atoms with Crippen molar-refractivity contribution in [2.75, 3.05) is 0 Å². The van der Waals surface area contributed by atoms with E-state index in [1.165, 1.54) is 56.0 Å². The van der Waals surface area contributed by atoms with Gasteiger partial charge in [-0.2, -0.15) is 0 Å². The Morgan fingerprint density at radius 3 is 2.53 bits per heavy atom. The van der Waals surface area contributed by atoms with Crippen molar-refractivity contribution in [2.24, 2.45) is 0 Å². The standard InChI is InChI=1S/C15H19NO2S/c17-13(18)9-8-12-14(10-6-7-10)16-15(19-12)11-4-2-1-3-5-11/h8-11H,1-7H2,(H,17,18)/b9-8+. The highest BCUT2D eigenvalue weighted by Gasteiger charge is 2.30. The number of aromatic nitrogens is 1. The van der Waals surface area contributed by atoms with Gasteiger partial charge in [0.05, 0.1) is 15.6 Å². The number of nitrogens with zero attached hydrogens (tertiary/aromatic N) is 1. The third-order valence-corrected chi connectivity index (χ3v) is 5.19. The van der Waals surface area contributed by atoms with E-state index in [9.17, 15) is 4.79 Å². The van der Waals surface area contributed by atoms with Crippen molar-refractivity contribution >= 4 is 23.4 Å².